The van der Waals surface area contributed by atoms with Gasteiger partial charge in [-0.3, -0.25) is 9.59 Å². The molecule has 9 heteroatoms. The van der Waals surface area contributed by atoms with Crippen molar-refractivity contribution in [3.8, 4) is 0 Å². The molecular weight excluding hydrogens is 342 g/mol. The van der Waals surface area contributed by atoms with E-state index in [1.807, 2.05) is 0 Å². The molecule has 26 heavy (non-hydrogen) atoms. The molecule has 0 aliphatic rings. The predicted octanol–water partition coefficient (Wildman–Crippen LogP) is 1.67. The standard InChI is InChI=1S/C17H25FN4O4/c1-12(5-6-15(23)24)22-17(26)21-9-4-2-3-8-20-16(25)13-7-10-19-14(18)11-13/h7,10-12H,2-6,8-9H2,1H3,(H,20,25)(H,23,24)(H2,21,22,26)/i18-1. The van der Waals surface area contributed by atoms with Crippen LogP contribution in [-0.2, 0) is 4.79 Å². The monoisotopic (exact) mass is 367 g/mol. The van der Waals surface area contributed by atoms with E-state index in [4.69, 9.17) is 5.11 Å². The Labute approximate surface area is 151 Å². The topological polar surface area (TPSA) is 120 Å². The lowest BCUT2D eigenvalue weighted by atomic mass is 10.2. The van der Waals surface area contributed by atoms with E-state index in [1.54, 1.807) is 6.92 Å². The third-order valence-electron chi connectivity index (χ3n) is 3.58. The molecule has 0 aromatic carbocycles. The molecule has 1 heterocycles. The zero-order chi connectivity index (χ0) is 19.4. The van der Waals surface area contributed by atoms with Crippen LogP contribution < -0.4 is 16.0 Å². The zero-order valence-electron chi connectivity index (χ0n) is 14.8. The molecule has 0 saturated heterocycles. The van der Waals surface area contributed by atoms with Crippen molar-refractivity contribution in [3.05, 3.63) is 29.8 Å². The zero-order valence-corrected chi connectivity index (χ0v) is 14.8. The van der Waals surface area contributed by atoms with Gasteiger partial charge in [-0.1, -0.05) is 0 Å². The normalized spacial score (nSPS) is 11.5. The number of carboxylic acid groups (broad SMARTS) is 1. The molecule has 3 amide bonds. The van der Waals surface area contributed by atoms with Crippen LogP contribution in [-0.4, -0.2) is 47.1 Å². The van der Waals surface area contributed by atoms with E-state index in [9.17, 15) is 18.8 Å². The van der Waals surface area contributed by atoms with Gasteiger partial charge in [-0.2, -0.15) is 4.39 Å². The fourth-order valence-corrected chi connectivity index (χ4v) is 2.16. The number of nitrogens with zero attached hydrogens (tertiary/aromatic N) is 1. The van der Waals surface area contributed by atoms with E-state index in [0.29, 0.717) is 19.5 Å². The third kappa shape index (κ3) is 9.55. The fourth-order valence-electron chi connectivity index (χ4n) is 2.16. The van der Waals surface area contributed by atoms with Gasteiger partial charge in [0.1, 0.15) is 0 Å². The highest BCUT2D eigenvalue weighted by molar-refractivity contribution is 5.93. The summed E-state index contributed by atoms with van der Waals surface area (Å²) in [6.45, 7) is 2.70. The van der Waals surface area contributed by atoms with Crippen LogP contribution in [0.15, 0.2) is 18.3 Å². The van der Waals surface area contributed by atoms with Gasteiger partial charge in [0.15, 0.2) is 0 Å². The van der Waals surface area contributed by atoms with Crippen LogP contribution in [0.2, 0.25) is 0 Å². The minimum Gasteiger partial charge on any atom is -0.481 e. The molecule has 1 aromatic heterocycles. The summed E-state index contributed by atoms with van der Waals surface area (Å²) >= 11 is 0. The van der Waals surface area contributed by atoms with E-state index in [-0.39, 0.29) is 30.0 Å². The number of aromatic nitrogens is 1. The minimum absolute atomic E-state index is 0.0132. The van der Waals surface area contributed by atoms with Gasteiger partial charge in [-0.05, 0) is 38.7 Å². The van der Waals surface area contributed by atoms with Gasteiger partial charge in [0, 0.05) is 43.4 Å². The summed E-state index contributed by atoms with van der Waals surface area (Å²) in [5.41, 5.74) is 0.229. The maximum absolute atomic E-state index is 12.9. The number of aliphatic carboxylic acids is 1. The molecule has 4 N–H and O–H groups in total. The van der Waals surface area contributed by atoms with Crippen LogP contribution in [0.4, 0.5) is 9.18 Å². The first-order valence-corrected chi connectivity index (χ1v) is 8.54. The van der Waals surface area contributed by atoms with Crippen molar-refractivity contribution >= 4 is 17.9 Å². The van der Waals surface area contributed by atoms with Crippen LogP contribution in [0.25, 0.3) is 0 Å². The molecule has 0 radical (unpaired) electrons. The maximum atomic E-state index is 12.9. The van der Waals surface area contributed by atoms with E-state index in [2.05, 4.69) is 20.9 Å². The molecular formula is C17H25FN4O4. The van der Waals surface area contributed by atoms with Gasteiger partial charge >= 0.3 is 12.0 Å². The maximum Gasteiger partial charge on any atom is 0.314 e. The number of amides is 3. The number of carbonyl (C=O) groups excluding carboxylic acids is 2. The summed E-state index contributed by atoms with van der Waals surface area (Å²) in [7, 11) is 0. The van der Waals surface area contributed by atoms with Crippen LogP contribution in [0, 0.1) is 5.95 Å². The largest absolute Gasteiger partial charge is 0.481 e. The first kappa shape index (κ1) is 21.3. The summed E-state index contributed by atoms with van der Waals surface area (Å²) in [6.07, 6.45) is 3.92. The number of rotatable bonds is 11. The Kier molecular flexibility index (Phi) is 9.66. The number of halogens is 1. The van der Waals surface area contributed by atoms with Crippen LogP contribution >= 0.6 is 0 Å². The van der Waals surface area contributed by atoms with Gasteiger partial charge < -0.3 is 21.1 Å². The summed E-state index contributed by atoms with van der Waals surface area (Å²) in [4.78, 5) is 37.2. The lowest BCUT2D eigenvalue weighted by molar-refractivity contribution is -0.137. The number of unbranched alkanes of at least 4 members (excludes halogenated alkanes) is 2. The van der Waals surface area contributed by atoms with Crippen LogP contribution in [0.1, 0.15) is 49.4 Å². The van der Waals surface area contributed by atoms with Crippen molar-refractivity contribution in [3.63, 3.8) is 0 Å². The number of carbonyl (C=O) groups is 3. The Morgan fingerprint density at radius 1 is 1.19 bits per heavy atom. The van der Waals surface area contributed by atoms with Crippen LogP contribution in [0.3, 0.4) is 0 Å². The second kappa shape index (κ2) is 11.8. The molecule has 0 aliphatic carbocycles. The average molecular weight is 367 g/mol. The SMILES string of the molecule is CC(CCC(=O)O)NC(=O)NCCCCCNC(=O)c1ccnc([18F])c1. The molecule has 8 nitrogen and oxygen atoms in total. The van der Waals surface area contributed by atoms with Gasteiger partial charge in [0.25, 0.3) is 5.91 Å². The second-order valence-electron chi connectivity index (χ2n) is 5.92. The van der Waals surface area contributed by atoms with Crippen molar-refractivity contribution in [2.45, 2.75) is 45.1 Å². The third-order valence-corrected chi connectivity index (χ3v) is 3.58. The summed E-state index contributed by atoms with van der Waals surface area (Å²) < 4.78 is 12.9. The molecule has 144 valence electrons. The summed E-state index contributed by atoms with van der Waals surface area (Å²) in [6, 6.07) is 1.99. The number of nitrogens with one attached hydrogen (secondary N) is 3. The highest BCUT2D eigenvalue weighted by Gasteiger charge is 2.08. The van der Waals surface area contributed by atoms with Gasteiger partial charge in [-0.25, -0.2) is 9.78 Å². The first-order valence-electron chi connectivity index (χ1n) is 8.54. The van der Waals surface area contributed by atoms with Gasteiger partial charge in [-0.15, -0.1) is 0 Å². The van der Waals surface area contributed by atoms with E-state index < -0.39 is 11.9 Å². The summed E-state index contributed by atoms with van der Waals surface area (Å²) in [5.74, 6) is -1.93. The van der Waals surface area contributed by atoms with Crippen molar-refractivity contribution in [1.82, 2.24) is 20.9 Å². The lowest BCUT2D eigenvalue weighted by Crippen LogP contribution is -2.41. The van der Waals surface area contributed by atoms with Crippen molar-refractivity contribution in [1.29, 1.82) is 0 Å². The Bertz CT molecular complexity index is 612. The van der Waals surface area contributed by atoms with E-state index >= 15 is 0 Å². The Morgan fingerprint density at radius 3 is 2.54 bits per heavy atom. The van der Waals surface area contributed by atoms with Gasteiger partial charge in [0.2, 0.25) is 5.95 Å². The Balaban J connectivity index is 2.04. The number of pyridine rings is 1. The highest BCUT2D eigenvalue weighted by Crippen LogP contribution is 2.01. The Morgan fingerprint density at radius 2 is 1.88 bits per heavy atom. The molecule has 0 fully saturated rings. The van der Waals surface area contributed by atoms with Crippen molar-refractivity contribution in [2.24, 2.45) is 0 Å². The average Bonchev–Trinajstić information content (AvgIpc) is 2.59. The highest BCUT2D eigenvalue weighted by atomic mass is 18.2. The van der Waals surface area contributed by atoms with Crippen LogP contribution in [0.5, 0.6) is 0 Å². The molecule has 1 aromatic rings. The Hall–Kier alpha value is -2.71. The van der Waals surface area contributed by atoms with E-state index in [0.717, 1.165) is 25.3 Å². The molecule has 1 unspecified atom stereocenters. The van der Waals surface area contributed by atoms with Gasteiger partial charge in [0.05, 0.1) is 0 Å². The van der Waals surface area contributed by atoms with Crippen molar-refractivity contribution in [2.75, 3.05) is 13.1 Å². The molecule has 1 rings (SSSR count). The number of carboxylic acids is 1. The first-order chi connectivity index (χ1) is 12.4. The summed E-state index contributed by atoms with van der Waals surface area (Å²) in [5, 5.41) is 16.6. The molecule has 0 aliphatic heterocycles. The smallest absolute Gasteiger partial charge is 0.314 e. The lowest BCUT2D eigenvalue weighted by Gasteiger charge is -2.13. The molecule has 0 spiro atoms. The van der Waals surface area contributed by atoms with E-state index in [1.165, 1.54) is 12.3 Å². The predicted molar refractivity (Wildman–Crippen MR) is 93.2 cm³/mol. The fraction of sp³-hybridized carbons (Fsp3) is 0.529. The quantitative estimate of drug-likeness (QED) is 0.350. The van der Waals surface area contributed by atoms with Crippen molar-refractivity contribution < 1.29 is 23.9 Å². The molecule has 0 saturated carbocycles. The number of hydrogen-bond donors (Lipinski definition) is 4. The minimum atomic E-state index is -0.889. The molecule has 0 bridgehead atoms. The number of urea groups is 1. The second-order valence-corrected chi connectivity index (χ2v) is 5.92. The number of hydrogen-bond acceptors (Lipinski definition) is 4. The molecule has 1 atom stereocenters.